The molecule has 0 spiro atoms. The summed E-state index contributed by atoms with van der Waals surface area (Å²) < 4.78 is 5.04. The molecule has 2 aromatic carbocycles. The fourth-order valence-corrected chi connectivity index (χ4v) is 2.82. The Morgan fingerprint density at radius 1 is 1.08 bits per heavy atom. The number of benzene rings is 2. The first-order valence-electron chi connectivity index (χ1n) is 8.35. The Hall–Kier alpha value is -3.01. The summed E-state index contributed by atoms with van der Waals surface area (Å²) in [5.41, 5.74) is 4.94. The summed E-state index contributed by atoms with van der Waals surface area (Å²) >= 11 is 0. The third kappa shape index (κ3) is 3.74. The predicted octanol–water partition coefficient (Wildman–Crippen LogP) is 5.38. The highest BCUT2D eigenvalue weighted by Crippen LogP contribution is 2.27. The first kappa shape index (κ1) is 16.8. The maximum Gasteiger partial charge on any atom is 0.372 e. The highest BCUT2D eigenvalue weighted by atomic mass is 16.4. The van der Waals surface area contributed by atoms with Crippen LogP contribution in [0.15, 0.2) is 65.3 Å². The molecule has 0 aliphatic heterocycles. The van der Waals surface area contributed by atoms with Crippen LogP contribution in [0, 0.1) is 0 Å². The summed E-state index contributed by atoms with van der Waals surface area (Å²) in [7, 11) is 0. The van der Waals surface area contributed by atoms with E-state index in [0.717, 1.165) is 17.7 Å². The molecular formula is C21H21NO3. The van der Waals surface area contributed by atoms with Crippen molar-refractivity contribution < 1.29 is 14.3 Å². The molecule has 128 valence electrons. The molecular weight excluding hydrogens is 314 g/mol. The molecule has 2 N–H and O–H groups in total. The second-order valence-electron chi connectivity index (χ2n) is 6.01. The van der Waals surface area contributed by atoms with Crippen LogP contribution in [0.5, 0.6) is 0 Å². The van der Waals surface area contributed by atoms with Gasteiger partial charge in [-0.15, -0.1) is 0 Å². The average molecular weight is 335 g/mol. The zero-order valence-electron chi connectivity index (χ0n) is 14.3. The number of hydrogen-bond acceptors (Lipinski definition) is 3. The molecule has 0 fully saturated rings. The van der Waals surface area contributed by atoms with Crippen LogP contribution in [0.2, 0.25) is 0 Å². The van der Waals surface area contributed by atoms with E-state index in [1.54, 1.807) is 6.07 Å². The van der Waals surface area contributed by atoms with Crippen LogP contribution < -0.4 is 5.32 Å². The Morgan fingerprint density at radius 3 is 2.36 bits per heavy atom. The molecule has 4 heteroatoms. The summed E-state index contributed by atoms with van der Waals surface area (Å²) in [6, 6.07) is 18.1. The van der Waals surface area contributed by atoms with E-state index in [4.69, 9.17) is 9.52 Å². The van der Waals surface area contributed by atoms with Crippen LogP contribution in [0.25, 0.3) is 11.1 Å². The van der Waals surface area contributed by atoms with Gasteiger partial charge in [-0.25, -0.2) is 4.79 Å². The fraction of sp³-hybridized carbons (Fsp3) is 0.190. The number of hydrogen-bond donors (Lipinski definition) is 2. The molecule has 1 unspecified atom stereocenters. The molecule has 3 aromatic rings. The van der Waals surface area contributed by atoms with Crippen molar-refractivity contribution in [2.45, 2.75) is 26.3 Å². The zero-order valence-corrected chi connectivity index (χ0v) is 14.3. The van der Waals surface area contributed by atoms with Crippen LogP contribution >= 0.6 is 0 Å². The van der Waals surface area contributed by atoms with Gasteiger partial charge in [-0.1, -0.05) is 43.3 Å². The SMILES string of the molecule is CCc1ccc(C(C)Nc2ccc(-c3ccoc3C(=O)O)cc2)cc1. The molecule has 0 saturated heterocycles. The molecule has 0 radical (unpaired) electrons. The monoisotopic (exact) mass is 335 g/mol. The van der Waals surface area contributed by atoms with Crippen molar-refractivity contribution in [3.8, 4) is 11.1 Å². The largest absolute Gasteiger partial charge is 0.475 e. The fourth-order valence-electron chi connectivity index (χ4n) is 2.82. The lowest BCUT2D eigenvalue weighted by Gasteiger charge is -2.16. The number of anilines is 1. The Morgan fingerprint density at radius 2 is 1.76 bits per heavy atom. The molecule has 0 amide bonds. The maximum absolute atomic E-state index is 11.2. The number of carboxylic acid groups (broad SMARTS) is 1. The Balaban J connectivity index is 1.73. The van der Waals surface area contributed by atoms with Crippen LogP contribution in [0.4, 0.5) is 5.69 Å². The molecule has 3 rings (SSSR count). The van der Waals surface area contributed by atoms with Gasteiger partial charge in [0.15, 0.2) is 0 Å². The highest BCUT2D eigenvalue weighted by molar-refractivity contribution is 5.93. The number of carboxylic acids is 1. The standard InChI is InChI=1S/C21H21NO3/c1-3-15-4-6-16(7-5-15)14(2)22-18-10-8-17(9-11-18)19-12-13-25-20(19)21(23)24/h4-14,22H,3H2,1-2H3,(H,23,24). The molecule has 1 aromatic heterocycles. The normalized spacial score (nSPS) is 11.9. The minimum Gasteiger partial charge on any atom is -0.475 e. The van der Waals surface area contributed by atoms with Crippen molar-refractivity contribution in [1.82, 2.24) is 0 Å². The van der Waals surface area contributed by atoms with Crippen molar-refractivity contribution in [3.05, 3.63) is 77.7 Å². The van der Waals surface area contributed by atoms with Gasteiger partial charge >= 0.3 is 5.97 Å². The van der Waals surface area contributed by atoms with Crippen LogP contribution in [0.1, 0.15) is 41.6 Å². The highest BCUT2D eigenvalue weighted by Gasteiger charge is 2.15. The average Bonchev–Trinajstić information content (AvgIpc) is 3.12. The molecule has 4 nitrogen and oxygen atoms in total. The quantitative estimate of drug-likeness (QED) is 0.635. The van der Waals surface area contributed by atoms with E-state index in [2.05, 4.69) is 43.4 Å². The second kappa shape index (κ2) is 7.26. The van der Waals surface area contributed by atoms with Crippen LogP contribution in [-0.4, -0.2) is 11.1 Å². The maximum atomic E-state index is 11.2. The number of nitrogens with one attached hydrogen (secondary N) is 1. The minimum absolute atomic E-state index is 0.0370. The van der Waals surface area contributed by atoms with Gasteiger partial charge in [0.25, 0.3) is 0 Å². The van der Waals surface area contributed by atoms with E-state index >= 15 is 0 Å². The van der Waals surface area contributed by atoms with Gasteiger partial charge in [0.1, 0.15) is 0 Å². The zero-order chi connectivity index (χ0) is 17.8. The molecule has 25 heavy (non-hydrogen) atoms. The smallest absolute Gasteiger partial charge is 0.372 e. The van der Waals surface area contributed by atoms with Gasteiger partial charge in [-0.05, 0) is 48.2 Å². The van der Waals surface area contributed by atoms with Crippen molar-refractivity contribution in [2.24, 2.45) is 0 Å². The van der Waals surface area contributed by atoms with Gasteiger partial charge in [0.05, 0.1) is 6.26 Å². The Labute approximate surface area is 147 Å². The lowest BCUT2D eigenvalue weighted by atomic mass is 10.0. The third-order valence-corrected chi connectivity index (χ3v) is 4.33. The Bertz CT molecular complexity index is 848. The first-order chi connectivity index (χ1) is 12.1. The van der Waals surface area contributed by atoms with Gasteiger partial charge in [0, 0.05) is 17.3 Å². The molecule has 0 saturated carbocycles. The van der Waals surface area contributed by atoms with Crippen LogP contribution in [0.3, 0.4) is 0 Å². The molecule has 0 aliphatic carbocycles. The van der Waals surface area contributed by atoms with Gasteiger partial charge in [-0.3, -0.25) is 0 Å². The number of aryl methyl sites for hydroxylation is 1. The van der Waals surface area contributed by atoms with E-state index in [1.807, 2.05) is 24.3 Å². The van der Waals surface area contributed by atoms with E-state index in [0.29, 0.717) is 5.56 Å². The predicted molar refractivity (Wildman–Crippen MR) is 99.0 cm³/mol. The van der Waals surface area contributed by atoms with E-state index in [1.165, 1.54) is 17.4 Å². The van der Waals surface area contributed by atoms with Gasteiger partial charge in [-0.2, -0.15) is 0 Å². The summed E-state index contributed by atoms with van der Waals surface area (Å²) in [6.45, 7) is 4.27. The third-order valence-electron chi connectivity index (χ3n) is 4.33. The van der Waals surface area contributed by atoms with E-state index in [9.17, 15) is 4.79 Å². The van der Waals surface area contributed by atoms with Gasteiger partial charge < -0.3 is 14.8 Å². The number of aromatic carboxylic acids is 1. The number of rotatable bonds is 6. The molecule has 1 heterocycles. The summed E-state index contributed by atoms with van der Waals surface area (Å²) in [6.07, 6.45) is 2.43. The lowest BCUT2D eigenvalue weighted by molar-refractivity contribution is 0.0663. The second-order valence-corrected chi connectivity index (χ2v) is 6.01. The summed E-state index contributed by atoms with van der Waals surface area (Å²) in [5.74, 6) is -1.10. The topological polar surface area (TPSA) is 62.5 Å². The van der Waals surface area contributed by atoms with Crippen molar-refractivity contribution in [3.63, 3.8) is 0 Å². The minimum atomic E-state index is -1.06. The van der Waals surface area contributed by atoms with E-state index in [-0.39, 0.29) is 11.8 Å². The first-order valence-corrected chi connectivity index (χ1v) is 8.35. The van der Waals surface area contributed by atoms with Crippen molar-refractivity contribution in [1.29, 1.82) is 0 Å². The summed E-state index contributed by atoms with van der Waals surface area (Å²) in [5, 5.41) is 12.6. The van der Waals surface area contributed by atoms with Crippen molar-refractivity contribution >= 4 is 11.7 Å². The lowest BCUT2D eigenvalue weighted by Crippen LogP contribution is -2.06. The van der Waals surface area contributed by atoms with Crippen LogP contribution in [-0.2, 0) is 6.42 Å². The Kier molecular flexibility index (Phi) is 4.89. The van der Waals surface area contributed by atoms with Gasteiger partial charge in [0.2, 0.25) is 5.76 Å². The summed E-state index contributed by atoms with van der Waals surface area (Å²) in [4.78, 5) is 11.2. The van der Waals surface area contributed by atoms with E-state index < -0.39 is 5.97 Å². The number of carbonyl (C=O) groups is 1. The molecule has 0 bridgehead atoms. The number of furan rings is 1. The molecule has 1 atom stereocenters. The molecule has 0 aliphatic rings. The van der Waals surface area contributed by atoms with Crippen molar-refractivity contribution in [2.75, 3.05) is 5.32 Å².